The minimum absolute atomic E-state index is 0.143. The average Bonchev–Trinajstić information content (AvgIpc) is 2.66. The molecule has 0 aromatic heterocycles. The predicted octanol–water partition coefficient (Wildman–Crippen LogP) is 3.26. The zero-order chi connectivity index (χ0) is 19.8. The Labute approximate surface area is 158 Å². The van der Waals surface area contributed by atoms with E-state index in [-0.39, 0.29) is 11.8 Å². The van der Waals surface area contributed by atoms with Gasteiger partial charge < -0.3 is 20.7 Å². The van der Waals surface area contributed by atoms with E-state index in [0.29, 0.717) is 16.9 Å². The molecule has 0 aliphatic carbocycles. The molecular weight excluding hydrogens is 346 g/mol. The van der Waals surface area contributed by atoms with Crippen molar-refractivity contribution in [2.75, 3.05) is 17.7 Å². The van der Waals surface area contributed by atoms with Crippen LogP contribution in [0.4, 0.5) is 16.2 Å². The van der Waals surface area contributed by atoms with E-state index in [4.69, 9.17) is 0 Å². The number of hydrogen-bond acceptors (Lipinski definition) is 4. The number of amides is 3. The molecule has 0 fully saturated rings. The van der Waals surface area contributed by atoms with Gasteiger partial charge in [-0.2, -0.15) is 0 Å². The Morgan fingerprint density at radius 1 is 0.889 bits per heavy atom. The van der Waals surface area contributed by atoms with Crippen molar-refractivity contribution < 1.29 is 19.1 Å². The lowest BCUT2D eigenvalue weighted by atomic mass is 10.0. The molecule has 0 radical (unpaired) electrons. The molecule has 0 bridgehead atoms. The molecule has 7 nitrogen and oxygen atoms in total. The van der Waals surface area contributed by atoms with Gasteiger partial charge in [-0.3, -0.25) is 4.79 Å². The van der Waals surface area contributed by atoms with Crippen molar-refractivity contribution >= 4 is 29.3 Å². The maximum Gasteiger partial charge on any atom is 0.337 e. The summed E-state index contributed by atoms with van der Waals surface area (Å²) >= 11 is 0. The van der Waals surface area contributed by atoms with Crippen molar-refractivity contribution in [3.63, 3.8) is 0 Å². The van der Waals surface area contributed by atoms with Crippen LogP contribution < -0.4 is 16.0 Å². The van der Waals surface area contributed by atoms with Crippen LogP contribution in [0.1, 0.15) is 24.2 Å². The first kappa shape index (κ1) is 20.0. The zero-order valence-electron chi connectivity index (χ0n) is 15.5. The van der Waals surface area contributed by atoms with E-state index in [1.165, 1.54) is 13.2 Å². The Morgan fingerprint density at radius 3 is 2.19 bits per heavy atom. The van der Waals surface area contributed by atoms with Crippen LogP contribution in [0.2, 0.25) is 0 Å². The number of anilines is 2. The number of urea groups is 1. The van der Waals surface area contributed by atoms with E-state index >= 15 is 0 Å². The van der Waals surface area contributed by atoms with E-state index in [2.05, 4.69) is 20.7 Å². The highest BCUT2D eigenvalue weighted by Gasteiger charge is 2.24. The Hall–Kier alpha value is -3.35. The van der Waals surface area contributed by atoms with E-state index in [0.717, 1.165) is 0 Å². The Kier molecular flexibility index (Phi) is 6.93. The van der Waals surface area contributed by atoms with E-state index in [1.807, 2.05) is 19.9 Å². The predicted molar refractivity (Wildman–Crippen MR) is 104 cm³/mol. The van der Waals surface area contributed by atoms with Gasteiger partial charge in [-0.15, -0.1) is 0 Å². The largest absolute Gasteiger partial charge is 0.465 e. The molecule has 3 amide bonds. The van der Waals surface area contributed by atoms with Crippen molar-refractivity contribution in [1.29, 1.82) is 0 Å². The molecule has 0 saturated heterocycles. The number of methoxy groups -OCH3 is 1. The number of benzene rings is 2. The average molecular weight is 369 g/mol. The Morgan fingerprint density at radius 2 is 1.56 bits per heavy atom. The summed E-state index contributed by atoms with van der Waals surface area (Å²) in [5.41, 5.74) is 1.40. The number of rotatable bonds is 6. The number of esters is 1. The molecule has 0 aliphatic rings. The molecule has 0 heterocycles. The fourth-order valence-corrected chi connectivity index (χ4v) is 2.43. The van der Waals surface area contributed by atoms with Gasteiger partial charge in [0.15, 0.2) is 0 Å². The molecule has 27 heavy (non-hydrogen) atoms. The van der Waals surface area contributed by atoms with Gasteiger partial charge in [0.2, 0.25) is 5.91 Å². The van der Waals surface area contributed by atoms with E-state index < -0.39 is 18.0 Å². The Balaban J connectivity index is 2.04. The molecule has 0 saturated carbocycles. The van der Waals surface area contributed by atoms with Crippen LogP contribution in [-0.2, 0) is 9.53 Å². The molecule has 2 aromatic rings. The molecule has 2 rings (SSSR count). The first-order valence-corrected chi connectivity index (χ1v) is 8.52. The minimum atomic E-state index is -0.754. The third kappa shape index (κ3) is 5.85. The second-order valence-electron chi connectivity index (χ2n) is 6.25. The second kappa shape index (κ2) is 9.38. The number of ether oxygens (including phenoxy) is 1. The van der Waals surface area contributed by atoms with Crippen molar-refractivity contribution in [2.24, 2.45) is 5.92 Å². The normalized spacial score (nSPS) is 11.4. The maximum atomic E-state index is 12.6. The summed E-state index contributed by atoms with van der Waals surface area (Å²) in [6.07, 6.45) is 0. The number of para-hydroxylation sites is 1. The third-order valence-electron chi connectivity index (χ3n) is 3.82. The summed E-state index contributed by atoms with van der Waals surface area (Å²) < 4.78 is 4.67. The fraction of sp³-hybridized carbons (Fsp3) is 0.250. The molecule has 1 atom stereocenters. The number of carbonyl (C=O) groups excluding carboxylic acids is 3. The lowest BCUT2D eigenvalue weighted by molar-refractivity contribution is -0.118. The molecule has 7 heteroatoms. The summed E-state index contributed by atoms with van der Waals surface area (Å²) in [6.45, 7) is 3.66. The van der Waals surface area contributed by atoms with Gasteiger partial charge in [-0.25, -0.2) is 9.59 Å². The lowest BCUT2D eigenvalue weighted by Crippen LogP contribution is -2.48. The van der Waals surface area contributed by atoms with Gasteiger partial charge in [0.1, 0.15) is 6.04 Å². The summed E-state index contributed by atoms with van der Waals surface area (Å²) in [5, 5.41) is 8.09. The first-order chi connectivity index (χ1) is 12.9. The molecular formula is C20H23N3O4. The minimum Gasteiger partial charge on any atom is -0.465 e. The molecule has 0 spiro atoms. The Bertz CT molecular complexity index is 806. The van der Waals surface area contributed by atoms with Gasteiger partial charge >= 0.3 is 12.0 Å². The second-order valence-corrected chi connectivity index (χ2v) is 6.25. The highest BCUT2D eigenvalue weighted by Crippen LogP contribution is 2.14. The van der Waals surface area contributed by atoms with Crippen molar-refractivity contribution in [3.05, 3.63) is 60.2 Å². The molecule has 3 N–H and O–H groups in total. The molecule has 142 valence electrons. The standard InChI is InChI=1S/C20H23N3O4/c1-13(2)17(23-20(26)22-15-9-5-4-6-10-15)18(24)21-16-11-7-8-14(12-16)19(25)27-3/h4-13,17H,1-3H3,(H,21,24)(H2,22,23,26). The van der Waals surface area contributed by atoms with Crippen LogP contribution >= 0.6 is 0 Å². The summed E-state index contributed by atoms with van der Waals surface area (Å²) in [4.78, 5) is 36.4. The van der Waals surface area contributed by atoms with Gasteiger partial charge in [-0.05, 0) is 36.2 Å². The first-order valence-electron chi connectivity index (χ1n) is 8.52. The topological polar surface area (TPSA) is 96.5 Å². The van der Waals surface area contributed by atoms with E-state index in [1.54, 1.807) is 42.5 Å². The number of carbonyl (C=O) groups is 3. The van der Waals surface area contributed by atoms with Crippen molar-refractivity contribution in [3.8, 4) is 0 Å². The van der Waals surface area contributed by atoms with Crippen LogP contribution in [0.5, 0.6) is 0 Å². The highest BCUT2D eigenvalue weighted by molar-refractivity contribution is 6.00. The number of hydrogen-bond donors (Lipinski definition) is 3. The smallest absolute Gasteiger partial charge is 0.337 e. The number of nitrogens with one attached hydrogen (secondary N) is 3. The molecule has 1 unspecified atom stereocenters. The van der Waals surface area contributed by atoms with Gasteiger partial charge in [0.05, 0.1) is 12.7 Å². The maximum absolute atomic E-state index is 12.6. The van der Waals surface area contributed by atoms with Crippen LogP contribution in [0.3, 0.4) is 0 Å². The quantitative estimate of drug-likeness (QED) is 0.681. The van der Waals surface area contributed by atoms with Gasteiger partial charge in [-0.1, -0.05) is 38.1 Å². The summed E-state index contributed by atoms with van der Waals surface area (Å²) in [7, 11) is 1.29. The van der Waals surface area contributed by atoms with Crippen LogP contribution in [0.15, 0.2) is 54.6 Å². The van der Waals surface area contributed by atoms with Crippen LogP contribution in [-0.4, -0.2) is 31.1 Å². The zero-order valence-corrected chi connectivity index (χ0v) is 15.5. The van der Waals surface area contributed by atoms with Crippen LogP contribution in [0, 0.1) is 5.92 Å². The lowest BCUT2D eigenvalue weighted by Gasteiger charge is -2.22. The van der Waals surface area contributed by atoms with Crippen LogP contribution in [0.25, 0.3) is 0 Å². The summed E-state index contributed by atoms with van der Waals surface area (Å²) in [6, 6.07) is 14.1. The van der Waals surface area contributed by atoms with Crippen molar-refractivity contribution in [2.45, 2.75) is 19.9 Å². The van der Waals surface area contributed by atoms with Gasteiger partial charge in [0.25, 0.3) is 0 Å². The third-order valence-corrected chi connectivity index (χ3v) is 3.82. The van der Waals surface area contributed by atoms with Crippen molar-refractivity contribution in [1.82, 2.24) is 5.32 Å². The monoisotopic (exact) mass is 369 g/mol. The SMILES string of the molecule is COC(=O)c1cccc(NC(=O)C(NC(=O)Nc2ccccc2)C(C)C)c1. The molecule has 0 aliphatic heterocycles. The fourth-order valence-electron chi connectivity index (χ4n) is 2.43. The summed E-state index contributed by atoms with van der Waals surface area (Å²) in [5.74, 6) is -1.02. The molecule has 2 aromatic carbocycles. The van der Waals surface area contributed by atoms with Gasteiger partial charge in [0, 0.05) is 11.4 Å². The van der Waals surface area contributed by atoms with E-state index in [9.17, 15) is 14.4 Å². The highest BCUT2D eigenvalue weighted by atomic mass is 16.5.